The van der Waals surface area contributed by atoms with Crippen molar-refractivity contribution < 1.29 is 9.53 Å². The van der Waals surface area contributed by atoms with Crippen LogP contribution in [0.5, 0.6) is 0 Å². The Labute approximate surface area is 126 Å². The van der Waals surface area contributed by atoms with Gasteiger partial charge in [-0.25, -0.2) is 4.79 Å². The molecule has 1 aliphatic rings. The summed E-state index contributed by atoms with van der Waals surface area (Å²) in [6.45, 7) is 7.90. The zero-order valence-electron chi connectivity index (χ0n) is 13.1. The van der Waals surface area contributed by atoms with Crippen LogP contribution < -0.4 is 16.0 Å². The summed E-state index contributed by atoms with van der Waals surface area (Å²) in [6.07, 6.45) is 0.588. The monoisotopic (exact) mass is 291 g/mol. The number of carbonyl (C=O) groups excluding carboxylic acids is 1. The van der Waals surface area contributed by atoms with Gasteiger partial charge in [0.25, 0.3) is 0 Å². The van der Waals surface area contributed by atoms with Crippen molar-refractivity contribution in [3.63, 3.8) is 0 Å². The van der Waals surface area contributed by atoms with Crippen molar-refractivity contribution in [3.05, 3.63) is 29.8 Å². The number of nitrogens with one attached hydrogen (secondary N) is 1. The first kappa shape index (κ1) is 15.6. The highest BCUT2D eigenvalue weighted by atomic mass is 16.6. The van der Waals surface area contributed by atoms with Crippen molar-refractivity contribution in [2.45, 2.75) is 45.4 Å². The van der Waals surface area contributed by atoms with E-state index in [1.54, 1.807) is 0 Å². The van der Waals surface area contributed by atoms with Crippen molar-refractivity contribution in [3.8, 4) is 0 Å². The predicted octanol–water partition coefficient (Wildman–Crippen LogP) is 2.25. The summed E-state index contributed by atoms with van der Waals surface area (Å²) in [4.78, 5) is 14.0. The molecule has 1 aromatic rings. The van der Waals surface area contributed by atoms with E-state index in [-0.39, 0.29) is 12.1 Å². The smallest absolute Gasteiger partial charge is 0.407 e. The van der Waals surface area contributed by atoms with Gasteiger partial charge >= 0.3 is 6.09 Å². The van der Waals surface area contributed by atoms with E-state index in [1.807, 2.05) is 32.9 Å². The van der Waals surface area contributed by atoms with Gasteiger partial charge in [0.15, 0.2) is 0 Å². The molecular weight excluding hydrogens is 266 g/mol. The third kappa shape index (κ3) is 4.63. The summed E-state index contributed by atoms with van der Waals surface area (Å²) in [7, 11) is 0. The van der Waals surface area contributed by atoms with E-state index in [2.05, 4.69) is 22.3 Å². The van der Waals surface area contributed by atoms with Gasteiger partial charge in [-0.15, -0.1) is 0 Å². The number of amides is 1. The van der Waals surface area contributed by atoms with Crippen LogP contribution >= 0.6 is 0 Å². The predicted molar refractivity (Wildman–Crippen MR) is 84.3 cm³/mol. The van der Waals surface area contributed by atoms with Crippen LogP contribution in [-0.4, -0.2) is 30.8 Å². The molecule has 0 saturated carbocycles. The molecule has 5 nitrogen and oxygen atoms in total. The third-order valence-electron chi connectivity index (χ3n) is 3.45. The second kappa shape index (κ2) is 6.35. The fourth-order valence-electron chi connectivity index (χ4n) is 2.43. The van der Waals surface area contributed by atoms with Crippen LogP contribution in [0.15, 0.2) is 24.3 Å². The van der Waals surface area contributed by atoms with E-state index >= 15 is 0 Å². The number of nitrogens with two attached hydrogens (primary N) is 1. The average molecular weight is 291 g/mol. The van der Waals surface area contributed by atoms with Gasteiger partial charge in [-0.05, 0) is 44.9 Å². The van der Waals surface area contributed by atoms with Crippen molar-refractivity contribution >= 4 is 11.8 Å². The third-order valence-corrected chi connectivity index (χ3v) is 3.45. The van der Waals surface area contributed by atoms with Gasteiger partial charge in [0.2, 0.25) is 0 Å². The summed E-state index contributed by atoms with van der Waals surface area (Å²) in [5, 5.41) is 2.93. The number of rotatable bonds is 3. The van der Waals surface area contributed by atoms with Crippen LogP contribution in [0.1, 0.15) is 32.8 Å². The molecule has 0 spiro atoms. The Morgan fingerprint density at radius 2 is 2.05 bits per heavy atom. The highest BCUT2D eigenvalue weighted by Gasteiger charge is 2.26. The molecule has 1 fully saturated rings. The molecule has 1 saturated heterocycles. The van der Waals surface area contributed by atoms with Crippen LogP contribution in [0, 0.1) is 0 Å². The molecule has 0 radical (unpaired) electrons. The Kier molecular flexibility index (Phi) is 4.73. The lowest BCUT2D eigenvalue weighted by Gasteiger charge is -2.22. The van der Waals surface area contributed by atoms with Gasteiger partial charge in [-0.1, -0.05) is 12.1 Å². The Hall–Kier alpha value is -1.75. The summed E-state index contributed by atoms with van der Waals surface area (Å²) < 4.78 is 5.29. The molecule has 3 N–H and O–H groups in total. The van der Waals surface area contributed by atoms with E-state index < -0.39 is 5.60 Å². The van der Waals surface area contributed by atoms with Gasteiger partial charge in [-0.2, -0.15) is 0 Å². The minimum absolute atomic E-state index is 0.133. The largest absolute Gasteiger partial charge is 0.444 e. The van der Waals surface area contributed by atoms with E-state index in [9.17, 15) is 4.79 Å². The first-order valence-corrected chi connectivity index (χ1v) is 7.41. The molecule has 0 bridgehead atoms. The van der Waals surface area contributed by atoms with Crippen molar-refractivity contribution in [1.29, 1.82) is 0 Å². The lowest BCUT2D eigenvalue weighted by atomic mass is 10.2. The standard InChI is InChI=1S/C16H25N3O2/c1-16(2,3)21-15(20)18-13-8-9-19(11-13)14-6-4-12(10-17)5-7-14/h4-7,13H,8-11,17H2,1-3H3,(H,18,20)/t13-/m0/s1. The van der Waals surface area contributed by atoms with E-state index in [1.165, 1.54) is 5.69 Å². The molecule has 1 heterocycles. The molecular formula is C16H25N3O2. The molecule has 1 aliphatic heterocycles. The van der Waals surface area contributed by atoms with Crippen molar-refractivity contribution in [2.24, 2.45) is 5.73 Å². The number of nitrogens with zero attached hydrogens (tertiary/aromatic N) is 1. The molecule has 1 aromatic carbocycles. The van der Waals surface area contributed by atoms with Gasteiger partial charge in [0, 0.05) is 25.3 Å². The molecule has 21 heavy (non-hydrogen) atoms. The number of alkyl carbamates (subject to hydrolysis) is 1. The number of benzene rings is 1. The van der Waals surface area contributed by atoms with Crippen molar-refractivity contribution in [1.82, 2.24) is 5.32 Å². The molecule has 0 aromatic heterocycles. The lowest BCUT2D eigenvalue weighted by molar-refractivity contribution is 0.0509. The topological polar surface area (TPSA) is 67.6 Å². The quantitative estimate of drug-likeness (QED) is 0.896. The van der Waals surface area contributed by atoms with Crippen LogP contribution in [0.4, 0.5) is 10.5 Å². The van der Waals surface area contributed by atoms with Crippen LogP contribution in [0.25, 0.3) is 0 Å². The summed E-state index contributed by atoms with van der Waals surface area (Å²) in [5.74, 6) is 0. The van der Waals surface area contributed by atoms with Crippen LogP contribution in [0.3, 0.4) is 0 Å². The van der Waals surface area contributed by atoms with Gasteiger partial charge in [-0.3, -0.25) is 0 Å². The summed E-state index contributed by atoms with van der Waals surface area (Å²) >= 11 is 0. The highest BCUT2D eigenvalue weighted by Crippen LogP contribution is 2.21. The van der Waals surface area contributed by atoms with E-state index in [4.69, 9.17) is 10.5 Å². The Bertz CT molecular complexity index is 479. The second-order valence-electron chi connectivity index (χ2n) is 6.45. The minimum atomic E-state index is -0.458. The van der Waals surface area contributed by atoms with Gasteiger partial charge in [0.05, 0.1) is 6.04 Å². The SMILES string of the molecule is CC(C)(C)OC(=O)N[C@H]1CCN(c2ccc(CN)cc2)C1. The number of hydrogen-bond donors (Lipinski definition) is 2. The lowest BCUT2D eigenvalue weighted by Crippen LogP contribution is -2.40. The summed E-state index contributed by atoms with van der Waals surface area (Å²) in [6, 6.07) is 8.39. The molecule has 5 heteroatoms. The fraction of sp³-hybridized carbons (Fsp3) is 0.562. The first-order valence-electron chi connectivity index (χ1n) is 7.41. The minimum Gasteiger partial charge on any atom is -0.444 e. The Morgan fingerprint density at radius 1 is 1.38 bits per heavy atom. The number of hydrogen-bond acceptors (Lipinski definition) is 4. The Balaban J connectivity index is 1.86. The van der Waals surface area contributed by atoms with Crippen LogP contribution in [0.2, 0.25) is 0 Å². The zero-order chi connectivity index (χ0) is 15.5. The molecule has 2 rings (SSSR count). The number of ether oxygens (including phenoxy) is 1. The Morgan fingerprint density at radius 3 is 2.62 bits per heavy atom. The van der Waals surface area contributed by atoms with Crippen molar-refractivity contribution in [2.75, 3.05) is 18.0 Å². The fourth-order valence-corrected chi connectivity index (χ4v) is 2.43. The average Bonchev–Trinajstić information content (AvgIpc) is 2.85. The number of carbonyl (C=O) groups is 1. The molecule has 0 unspecified atom stereocenters. The highest BCUT2D eigenvalue weighted by molar-refractivity contribution is 5.68. The maximum Gasteiger partial charge on any atom is 0.407 e. The molecule has 1 amide bonds. The van der Waals surface area contributed by atoms with E-state index in [0.717, 1.165) is 25.1 Å². The van der Waals surface area contributed by atoms with E-state index in [0.29, 0.717) is 6.54 Å². The second-order valence-corrected chi connectivity index (χ2v) is 6.45. The van der Waals surface area contributed by atoms with Gasteiger partial charge in [0.1, 0.15) is 5.60 Å². The molecule has 1 atom stereocenters. The maximum atomic E-state index is 11.8. The zero-order valence-corrected chi connectivity index (χ0v) is 13.1. The van der Waals surface area contributed by atoms with Gasteiger partial charge < -0.3 is 20.7 Å². The maximum absolute atomic E-state index is 11.8. The normalized spacial score (nSPS) is 18.7. The van der Waals surface area contributed by atoms with Crippen LogP contribution in [-0.2, 0) is 11.3 Å². The molecule has 116 valence electrons. The first-order chi connectivity index (χ1) is 9.87. The summed E-state index contributed by atoms with van der Waals surface area (Å²) in [5.41, 5.74) is 7.44. The number of anilines is 1. The molecule has 0 aliphatic carbocycles.